The molecule has 0 unspecified atom stereocenters. The molecule has 0 aliphatic carbocycles. The third kappa shape index (κ3) is 3.91. The van der Waals surface area contributed by atoms with E-state index in [1.807, 2.05) is 19.1 Å². The van der Waals surface area contributed by atoms with Crippen LogP contribution in [0.25, 0.3) is 5.69 Å². The fraction of sp³-hybridized carbons (Fsp3) is 0.467. The number of tetrazole rings is 1. The van der Waals surface area contributed by atoms with Crippen LogP contribution >= 0.6 is 0 Å². The number of benzene rings is 1. The molecule has 8 nitrogen and oxygen atoms in total. The van der Waals surface area contributed by atoms with Crippen molar-refractivity contribution in [3.8, 4) is 5.69 Å². The van der Waals surface area contributed by atoms with Gasteiger partial charge >= 0.3 is 0 Å². The maximum Gasteiger partial charge on any atom is 0.251 e. The van der Waals surface area contributed by atoms with Crippen molar-refractivity contribution in [2.24, 2.45) is 0 Å². The zero-order valence-corrected chi connectivity index (χ0v) is 13.1. The van der Waals surface area contributed by atoms with E-state index < -0.39 is 0 Å². The van der Waals surface area contributed by atoms with Crippen LogP contribution in [-0.2, 0) is 4.74 Å². The molecular formula is C15H20N6O2. The van der Waals surface area contributed by atoms with Gasteiger partial charge in [-0.25, -0.2) is 0 Å². The first-order valence-electron chi connectivity index (χ1n) is 7.68. The van der Waals surface area contributed by atoms with Crippen molar-refractivity contribution >= 4 is 5.91 Å². The Balaban J connectivity index is 1.58. The lowest BCUT2D eigenvalue weighted by molar-refractivity contribution is 0.0383. The molecule has 2 aromatic rings. The van der Waals surface area contributed by atoms with Gasteiger partial charge in [-0.3, -0.25) is 9.69 Å². The molecule has 1 saturated heterocycles. The Hall–Kier alpha value is -2.32. The van der Waals surface area contributed by atoms with E-state index >= 15 is 0 Å². The van der Waals surface area contributed by atoms with Crippen molar-refractivity contribution in [2.45, 2.75) is 6.92 Å². The van der Waals surface area contributed by atoms with Crippen molar-refractivity contribution < 1.29 is 9.53 Å². The number of ether oxygens (including phenoxy) is 1. The molecule has 1 aromatic heterocycles. The Morgan fingerprint density at radius 1 is 1.35 bits per heavy atom. The third-order valence-corrected chi connectivity index (χ3v) is 3.80. The summed E-state index contributed by atoms with van der Waals surface area (Å²) >= 11 is 0. The van der Waals surface area contributed by atoms with Crippen LogP contribution in [0.1, 0.15) is 16.2 Å². The molecule has 1 fully saturated rings. The normalized spacial score (nSPS) is 15.5. The van der Waals surface area contributed by atoms with Gasteiger partial charge in [-0.1, -0.05) is 6.07 Å². The van der Waals surface area contributed by atoms with Crippen molar-refractivity contribution in [2.75, 3.05) is 39.4 Å². The number of aromatic nitrogens is 4. The summed E-state index contributed by atoms with van der Waals surface area (Å²) in [6.45, 7) is 6.64. The van der Waals surface area contributed by atoms with E-state index in [1.54, 1.807) is 16.8 Å². The summed E-state index contributed by atoms with van der Waals surface area (Å²) in [6.07, 6.45) is 0. The highest BCUT2D eigenvalue weighted by molar-refractivity contribution is 5.94. The first-order chi connectivity index (χ1) is 11.2. The van der Waals surface area contributed by atoms with Gasteiger partial charge in [0.1, 0.15) is 0 Å². The monoisotopic (exact) mass is 316 g/mol. The molecule has 1 N–H and O–H groups in total. The van der Waals surface area contributed by atoms with Crippen LogP contribution in [0, 0.1) is 6.92 Å². The summed E-state index contributed by atoms with van der Waals surface area (Å²) in [5.74, 6) is 0.584. The van der Waals surface area contributed by atoms with Gasteiger partial charge in [0.25, 0.3) is 5.91 Å². The molecule has 1 aromatic carbocycles. The summed E-state index contributed by atoms with van der Waals surface area (Å²) in [4.78, 5) is 14.6. The maximum atomic E-state index is 12.3. The molecule has 0 spiro atoms. The van der Waals surface area contributed by atoms with Crippen LogP contribution in [0.2, 0.25) is 0 Å². The minimum Gasteiger partial charge on any atom is -0.379 e. The van der Waals surface area contributed by atoms with Gasteiger partial charge in [0.05, 0.1) is 18.9 Å². The number of hydrogen-bond acceptors (Lipinski definition) is 6. The summed E-state index contributed by atoms with van der Waals surface area (Å²) in [7, 11) is 0. The number of carbonyl (C=O) groups is 1. The number of rotatable bonds is 5. The predicted octanol–water partition coefficient (Wildman–Crippen LogP) is 0.0327. The zero-order chi connectivity index (χ0) is 16.1. The fourth-order valence-electron chi connectivity index (χ4n) is 2.50. The molecular weight excluding hydrogens is 296 g/mol. The average Bonchev–Trinajstić information content (AvgIpc) is 3.02. The molecule has 0 saturated carbocycles. The van der Waals surface area contributed by atoms with Gasteiger partial charge in [0.15, 0.2) is 5.82 Å². The number of nitrogens with zero attached hydrogens (tertiary/aromatic N) is 5. The highest BCUT2D eigenvalue weighted by atomic mass is 16.5. The van der Waals surface area contributed by atoms with E-state index in [9.17, 15) is 4.79 Å². The first-order valence-corrected chi connectivity index (χ1v) is 7.68. The number of hydrogen-bond donors (Lipinski definition) is 1. The second-order valence-corrected chi connectivity index (χ2v) is 5.40. The second kappa shape index (κ2) is 7.30. The minimum absolute atomic E-state index is 0.0918. The fourth-order valence-corrected chi connectivity index (χ4v) is 2.50. The first kappa shape index (κ1) is 15.6. The Bertz CT molecular complexity index is 665. The lowest BCUT2D eigenvalue weighted by Gasteiger charge is -2.26. The zero-order valence-electron chi connectivity index (χ0n) is 13.1. The highest BCUT2D eigenvalue weighted by Gasteiger charge is 2.12. The topological polar surface area (TPSA) is 85.2 Å². The van der Waals surface area contributed by atoms with Gasteiger partial charge in [0, 0.05) is 31.7 Å². The highest BCUT2D eigenvalue weighted by Crippen LogP contribution is 2.10. The van der Waals surface area contributed by atoms with Gasteiger partial charge < -0.3 is 10.1 Å². The Morgan fingerprint density at radius 2 is 2.17 bits per heavy atom. The maximum absolute atomic E-state index is 12.3. The molecule has 0 bridgehead atoms. The summed E-state index contributed by atoms with van der Waals surface area (Å²) in [6, 6.07) is 7.27. The summed E-state index contributed by atoms with van der Waals surface area (Å²) in [5.41, 5.74) is 1.37. The number of morpholine rings is 1. The molecule has 122 valence electrons. The Kier molecular flexibility index (Phi) is 4.94. The summed E-state index contributed by atoms with van der Waals surface area (Å²) in [5, 5.41) is 14.3. The molecule has 8 heteroatoms. The van der Waals surface area contributed by atoms with Crippen molar-refractivity contribution in [1.82, 2.24) is 30.4 Å². The summed E-state index contributed by atoms with van der Waals surface area (Å²) < 4.78 is 6.91. The number of aryl methyl sites for hydroxylation is 1. The van der Waals surface area contributed by atoms with E-state index in [0.29, 0.717) is 17.9 Å². The molecule has 0 radical (unpaired) electrons. The molecule has 2 heterocycles. The second-order valence-electron chi connectivity index (χ2n) is 5.40. The lowest BCUT2D eigenvalue weighted by Crippen LogP contribution is -2.41. The van der Waals surface area contributed by atoms with Gasteiger partial charge in [0.2, 0.25) is 0 Å². The Morgan fingerprint density at radius 3 is 2.91 bits per heavy atom. The van der Waals surface area contributed by atoms with E-state index in [4.69, 9.17) is 4.74 Å². The predicted molar refractivity (Wildman–Crippen MR) is 83.5 cm³/mol. The van der Waals surface area contributed by atoms with E-state index in [-0.39, 0.29) is 5.91 Å². The van der Waals surface area contributed by atoms with Crippen LogP contribution in [0.15, 0.2) is 24.3 Å². The third-order valence-electron chi connectivity index (χ3n) is 3.80. The molecule has 1 aliphatic rings. The van der Waals surface area contributed by atoms with E-state index in [1.165, 1.54) is 0 Å². The van der Waals surface area contributed by atoms with Gasteiger partial charge in [-0.15, -0.1) is 5.10 Å². The Labute approximate surface area is 134 Å². The van der Waals surface area contributed by atoms with Crippen LogP contribution in [0.5, 0.6) is 0 Å². The number of nitrogens with one attached hydrogen (secondary N) is 1. The van der Waals surface area contributed by atoms with Crippen LogP contribution in [-0.4, -0.2) is 70.4 Å². The molecule has 23 heavy (non-hydrogen) atoms. The van der Waals surface area contributed by atoms with Crippen LogP contribution in [0.3, 0.4) is 0 Å². The smallest absolute Gasteiger partial charge is 0.251 e. The lowest BCUT2D eigenvalue weighted by atomic mass is 10.2. The van der Waals surface area contributed by atoms with E-state index in [0.717, 1.165) is 38.5 Å². The molecule has 0 atom stereocenters. The van der Waals surface area contributed by atoms with Crippen molar-refractivity contribution in [3.63, 3.8) is 0 Å². The van der Waals surface area contributed by atoms with Gasteiger partial charge in [-0.05, 0) is 35.5 Å². The standard InChI is InChI=1S/C15H20N6O2/c1-12-17-18-19-21(12)14-4-2-3-13(11-14)15(22)16-5-6-20-7-9-23-10-8-20/h2-4,11H,5-10H2,1H3,(H,16,22). The SMILES string of the molecule is Cc1nnnn1-c1cccc(C(=O)NCCN2CCOCC2)c1. The van der Waals surface area contributed by atoms with Crippen LogP contribution < -0.4 is 5.32 Å². The minimum atomic E-state index is -0.0918. The quantitative estimate of drug-likeness (QED) is 0.838. The van der Waals surface area contributed by atoms with Gasteiger partial charge in [-0.2, -0.15) is 4.68 Å². The van der Waals surface area contributed by atoms with Crippen molar-refractivity contribution in [1.29, 1.82) is 0 Å². The molecule has 3 rings (SSSR count). The van der Waals surface area contributed by atoms with Crippen LogP contribution in [0.4, 0.5) is 0 Å². The number of carbonyl (C=O) groups excluding carboxylic acids is 1. The molecule has 1 aliphatic heterocycles. The van der Waals surface area contributed by atoms with E-state index in [2.05, 4.69) is 25.7 Å². The largest absolute Gasteiger partial charge is 0.379 e. The van der Waals surface area contributed by atoms with Crippen molar-refractivity contribution in [3.05, 3.63) is 35.7 Å². The number of amides is 1. The molecule has 1 amide bonds. The average molecular weight is 316 g/mol.